The highest BCUT2D eigenvalue weighted by Gasteiger charge is 1.98. The topological polar surface area (TPSA) is 38.4 Å². The fourth-order valence-electron chi connectivity index (χ4n) is 2.06. The molecule has 1 aromatic heterocycles. The maximum Gasteiger partial charge on any atom is 0.0966 e. The zero-order valence-corrected chi connectivity index (χ0v) is 12.6. The highest BCUT2D eigenvalue weighted by Crippen LogP contribution is 2.26. The lowest BCUT2D eigenvalue weighted by Gasteiger charge is -2.02. The molecule has 0 amide bonds. The average molecular weight is 292 g/mol. The Hall–Kier alpha value is -2.39. The smallest absolute Gasteiger partial charge is 0.0966 e. The quantitative estimate of drug-likeness (QED) is 0.673. The lowest BCUT2D eigenvalue weighted by atomic mass is 10.0. The number of benzene rings is 2. The molecule has 0 fully saturated rings. The molecule has 0 radical (unpaired) electrons. The highest BCUT2D eigenvalue weighted by atomic mass is 32.1. The van der Waals surface area contributed by atoms with E-state index in [4.69, 9.17) is 5.73 Å². The highest BCUT2D eigenvalue weighted by molar-refractivity contribution is 7.08. The maximum absolute atomic E-state index is 5.81. The fraction of sp³-hybridized carbons (Fsp3) is 0.0556. The Morgan fingerprint density at radius 2 is 1.52 bits per heavy atom. The van der Waals surface area contributed by atoms with Gasteiger partial charge in [-0.25, -0.2) is 0 Å². The minimum Gasteiger partial charge on any atom is -0.396 e. The summed E-state index contributed by atoms with van der Waals surface area (Å²) in [6, 6.07) is 16.9. The van der Waals surface area contributed by atoms with Gasteiger partial charge in [0.25, 0.3) is 0 Å². The third kappa shape index (κ3) is 3.20. The van der Waals surface area contributed by atoms with Crippen molar-refractivity contribution >= 4 is 28.9 Å². The summed E-state index contributed by atoms with van der Waals surface area (Å²) in [6.45, 7) is 2.10. The summed E-state index contributed by atoms with van der Waals surface area (Å²) in [4.78, 5) is 4.41. The van der Waals surface area contributed by atoms with E-state index >= 15 is 0 Å². The molecular weight excluding hydrogens is 276 g/mol. The Labute approximate surface area is 128 Å². The second-order valence-corrected chi connectivity index (χ2v) is 5.70. The molecule has 0 unspecified atom stereocenters. The molecule has 2 aromatic carbocycles. The zero-order valence-electron chi connectivity index (χ0n) is 11.8. The number of hydrogen-bond acceptors (Lipinski definition) is 3. The van der Waals surface area contributed by atoms with Gasteiger partial charge in [-0.1, -0.05) is 54.1 Å². The van der Waals surface area contributed by atoms with Gasteiger partial charge < -0.3 is 5.73 Å². The van der Waals surface area contributed by atoms with Crippen LogP contribution in [0.1, 0.15) is 11.1 Å². The van der Waals surface area contributed by atoms with Gasteiger partial charge in [0.1, 0.15) is 0 Å². The van der Waals surface area contributed by atoms with Crippen molar-refractivity contribution in [2.75, 3.05) is 5.73 Å². The van der Waals surface area contributed by atoms with E-state index < -0.39 is 0 Å². The molecular formula is C18H16N2S. The Morgan fingerprint density at radius 3 is 2.10 bits per heavy atom. The third-order valence-electron chi connectivity index (χ3n) is 3.32. The van der Waals surface area contributed by atoms with Crippen LogP contribution in [0.2, 0.25) is 0 Å². The van der Waals surface area contributed by atoms with E-state index in [0.717, 1.165) is 16.9 Å². The molecule has 0 atom stereocenters. The number of aliphatic imine (C=N–C) groups is 1. The van der Waals surface area contributed by atoms with Crippen molar-refractivity contribution in [1.29, 1.82) is 0 Å². The largest absolute Gasteiger partial charge is 0.396 e. The van der Waals surface area contributed by atoms with Gasteiger partial charge >= 0.3 is 0 Å². The van der Waals surface area contributed by atoms with Crippen molar-refractivity contribution in [3.8, 4) is 11.1 Å². The molecule has 21 heavy (non-hydrogen) atoms. The van der Waals surface area contributed by atoms with Crippen LogP contribution < -0.4 is 5.73 Å². The number of nitrogen functional groups attached to an aromatic ring is 1. The Kier molecular flexibility index (Phi) is 3.84. The molecule has 3 heteroatoms. The van der Waals surface area contributed by atoms with Crippen molar-refractivity contribution < 1.29 is 0 Å². The number of rotatable bonds is 3. The van der Waals surface area contributed by atoms with Crippen LogP contribution in [-0.4, -0.2) is 6.21 Å². The van der Waals surface area contributed by atoms with Crippen molar-refractivity contribution in [2.45, 2.75) is 6.92 Å². The van der Waals surface area contributed by atoms with E-state index in [0.29, 0.717) is 0 Å². The van der Waals surface area contributed by atoms with Crippen molar-refractivity contribution in [3.05, 3.63) is 70.4 Å². The molecule has 2 nitrogen and oxygen atoms in total. The number of hydrogen-bond donors (Lipinski definition) is 1. The van der Waals surface area contributed by atoms with Gasteiger partial charge in [0, 0.05) is 17.0 Å². The van der Waals surface area contributed by atoms with Crippen molar-refractivity contribution in [2.24, 2.45) is 4.99 Å². The summed E-state index contributed by atoms with van der Waals surface area (Å²) in [6.07, 6.45) is 1.84. The molecule has 0 saturated heterocycles. The minimum absolute atomic E-state index is 0.729. The number of aryl methyl sites for hydroxylation is 1. The summed E-state index contributed by atoms with van der Waals surface area (Å²) < 4.78 is 0. The standard InChI is InChI=1S/C18H16N2S/c1-13-2-6-15(7-3-13)16-8-4-14(5-9-16)10-20-18-12-21-11-17(18)19/h2-12H,19H2,1H3. The van der Waals surface area contributed by atoms with Gasteiger partial charge in [0.05, 0.1) is 11.4 Å². The second kappa shape index (κ2) is 5.94. The van der Waals surface area contributed by atoms with Crippen molar-refractivity contribution in [1.82, 2.24) is 0 Å². The molecule has 3 rings (SSSR count). The van der Waals surface area contributed by atoms with Crippen LogP contribution in [0.15, 0.2) is 64.3 Å². The molecule has 0 bridgehead atoms. The minimum atomic E-state index is 0.729. The fourth-order valence-corrected chi connectivity index (χ4v) is 2.72. The monoisotopic (exact) mass is 292 g/mol. The average Bonchev–Trinajstić information content (AvgIpc) is 2.92. The van der Waals surface area contributed by atoms with Crippen LogP contribution in [0.3, 0.4) is 0 Å². The van der Waals surface area contributed by atoms with E-state index in [1.54, 1.807) is 11.3 Å². The van der Waals surface area contributed by atoms with Crippen LogP contribution >= 0.6 is 11.3 Å². The van der Waals surface area contributed by atoms with Gasteiger partial charge in [0.2, 0.25) is 0 Å². The second-order valence-electron chi connectivity index (χ2n) is 4.96. The molecule has 0 saturated carbocycles. The molecule has 0 aliphatic carbocycles. The van der Waals surface area contributed by atoms with Gasteiger partial charge in [0.15, 0.2) is 0 Å². The van der Waals surface area contributed by atoms with Crippen LogP contribution in [-0.2, 0) is 0 Å². The van der Waals surface area contributed by atoms with E-state index in [-0.39, 0.29) is 0 Å². The van der Waals surface area contributed by atoms with Crippen LogP contribution in [0.4, 0.5) is 11.4 Å². The zero-order chi connectivity index (χ0) is 14.7. The van der Waals surface area contributed by atoms with Crippen LogP contribution in [0.5, 0.6) is 0 Å². The summed E-state index contributed by atoms with van der Waals surface area (Å²) in [5, 5.41) is 3.85. The Bertz CT molecular complexity index is 753. The molecule has 2 N–H and O–H groups in total. The molecule has 0 aliphatic rings. The number of nitrogens with zero attached hydrogens (tertiary/aromatic N) is 1. The maximum atomic E-state index is 5.81. The first kappa shape index (κ1) is 13.6. The normalized spacial score (nSPS) is 11.1. The van der Waals surface area contributed by atoms with E-state index in [1.807, 2.05) is 17.0 Å². The van der Waals surface area contributed by atoms with Crippen LogP contribution in [0, 0.1) is 6.92 Å². The lowest BCUT2D eigenvalue weighted by Crippen LogP contribution is -1.84. The van der Waals surface area contributed by atoms with Gasteiger partial charge in [-0.3, -0.25) is 4.99 Å². The first-order chi connectivity index (χ1) is 10.2. The first-order valence-electron chi connectivity index (χ1n) is 6.75. The predicted molar refractivity (Wildman–Crippen MR) is 92.6 cm³/mol. The third-order valence-corrected chi connectivity index (χ3v) is 4.07. The molecule has 1 heterocycles. The summed E-state index contributed by atoms with van der Waals surface area (Å²) >= 11 is 1.56. The Balaban J connectivity index is 1.79. The first-order valence-corrected chi connectivity index (χ1v) is 7.69. The van der Waals surface area contributed by atoms with Gasteiger partial charge in [-0.15, -0.1) is 11.3 Å². The number of thiophene rings is 1. The van der Waals surface area contributed by atoms with Gasteiger partial charge in [-0.2, -0.15) is 0 Å². The summed E-state index contributed by atoms with van der Waals surface area (Å²) in [7, 11) is 0. The number of anilines is 1. The molecule has 0 spiro atoms. The SMILES string of the molecule is Cc1ccc(-c2ccc(C=Nc3cscc3N)cc2)cc1. The lowest BCUT2D eigenvalue weighted by molar-refractivity contribution is 1.47. The van der Waals surface area contributed by atoms with Crippen LogP contribution in [0.25, 0.3) is 11.1 Å². The van der Waals surface area contributed by atoms with Crippen molar-refractivity contribution in [3.63, 3.8) is 0 Å². The Morgan fingerprint density at radius 1 is 0.905 bits per heavy atom. The van der Waals surface area contributed by atoms with Gasteiger partial charge in [-0.05, 0) is 23.6 Å². The predicted octanol–water partition coefficient (Wildman–Crippen LogP) is 5.06. The molecule has 0 aliphatic heterocycles. The van der Waals surface area contributed by atoms with E-state index in [1.165, 1.54) is 16.7 Å². The molecule has 104 valence electrons. The molecule has 3 aromatic rings. The van der Waals surface area contributed by atoms with E-state index in [2.05, 4.69) is 60.4 Å². The van der Waals surface area contributed by atoms with E-state index in [9.17, 15) is 0 Å². The number of nitrogens with two attached hydrogens (primary N) is 1. The summed E-state index contributed by atoms with van der Waals surface area (Å²) in [5.74, 6) is 0. The summed E-state index contributed by atoms with van der Waals surface area (Å²) in [5.41, 5.74) is 12.2.